The predicted octanol–water partition coefficient (Wildman–Crippen LogP) is 0.292. The molecule has 0 saturated heterocycles. The van der Waals surface area contributed by atoms with Gasteiger partial charge in [0.2, 0.25) is 6.04 Å². The summed E-state index contributed by atoms with van der Waals surface area (Å²) in [5, 5.41) is 18.6. The molecule has 2 atom stereocenters. The molecule has 5 nitrogen and oxygen atoms in total. The van der Waals surface area contributed by atoms with Gasteiger partial charge in [-0.3, -0.25) is 14.9 Å². The van der Waals surface area contributed by atoms with E-state index >= 15 is 0 Å². The third-order valence-corrected chi connectivity index (χ3v) is 1.65. The predicted molar refractivity (Wildman–Crippen MR) is 35.7 cm³/mol. The van der Waals surface area contributed by atoms with Crippen LogP contribution in [0.5, 0.6) is 0 Å². The number of hydrogen-bond acceptors (Lipinski definition) is 3. The number of nitrogens with zero attached hydrogens (tertiary/aromatic N) is 1. The molecule has 0 spiro atoms. The lowest BCUT2D eigenvalue weighted by molar-refractivity contribution is -0.509. The lowest BCUT2D eigenvalue weighted by atomic mass is 10.1. The molecule has 1 rings (SSSR count). The van der Waals surface area contributed by atoms with Crippen molar-refractivity contribution in [1.29, 1.82) is 0 Å². The molecule has 0 saturated carbocycles. The second-order valence-electron chi connectivity index (χ2n) is 2.42. The van der Waals surface area contributed by atoms with Gasteiger partial charge in [-0.2, -0.15) is 0 Å². The summed E-state index contributed by atoms with van der Waals surface area (Å²) in [6.45, 7) is 0. The normalized spacial score (nSPS) is 28.7. The van der Waals surface area contributed by atoms with E-state index in [1.165, 1.54) is 12.2 Å². The average Bonchev–Trinajstić information content (AvgIpc) is 2.33. The van der Waals surface area contributed by atoms with Crippen molar-refractivity contribution in [2.45, 2.75) is 12.5 Å². The van der Waals surface area contributed by atoms with Crippen molar-refractivity contribution >= 4 is 5.97 Å². The van der Waals surface area contributed by atoms with Gasteiger partial charge in [0, 0.05) is 11.3 Å². The second kappa shape index (κ2) is 2.69. The third-order valence-electron chi connectivity index (χ3n) is 1.65. The van der Waals surface area contributed by atoms with Crippen molar-refractivity contribution in [3.05, 3.63) is 22.3 Å². The first kappa shape index (κ1) is 7.71. The van der Waals surface area contributed by atoms with E-state index in [1.807, 2.05) is 0 Å². The summed E-state index contributed by atoms with van der Waals surface area (Å²) in [5.41, 5.74) is 0. The number of hydrogen-bond donors (Lipinski definition) is 1. The van der Waals surface area contributed by atoms with Crippen LogP contribution in [0.2, 0.25) is 0 Å². The Balaban J connectivity index is 2.56. The highest BCUT2D eigenvalue weighted by molar-refractivity contribution is 5.72. The molecule has 0 radical (unpaired) electrons. The van der Waals surface area contributed by atoms with Crippen molar-refractivity contribution in [2.75, 3.05) is 0 Å². The molecule has 0 aromatic heterocycles. The monoisotopic (exact) mass is 157 g/mol. The molecule has 0 fully saturated rings. The van der Waals surface area contributed by atoms with Crippen LogP contribution < -0.4 is 0 Å². The standard InChI is InChI=1S/C6H7NO4/c8-6(9)4-1-2-5(3-4)7(10)11/h1-2,4-5H,3H2,(H,8,9). The first-order chi connectivity index (χ1) is 5.11. The van der Waals surface area contributed by atoms with Crippen LogP contribution in [0.3, 0.4) is 0 Å². The summed E-state index contributed by atoms with van der Waals surface area (Å²) >= 11 is 0. The fraction of sp³-hybridized carbons (Fsp3) is 0.500. The van der Waals surface area contributed by atoms with Crippen molar-refractivity contribution in [3.63, 3.8) is 0 Å². The molecule has 1 aliphatic carbocycles. The van der Waals surface area contributed by atoms with Gasteiger partial charge >= 0.3 is 5.97 Å². The molecule has 5 heteroatoms. The molecule has 0 heterocycles. The molecule has 1 aliphatic rings. The minimum atomic E-state index is -0.995. The Kier molecular flexibility index (Phi) is 1.89. The van der Waals surface area contributed by atoms with Gasteiger partial charge in [0.25, 0.3) is 0 Å². The Hall–Kier alpha value is -1.39. The Morgan fingerprint density at radius 1 is 1.64 bits per heavy atom. The Bertz CT molecular complexity index is 201. The van der Waals surface area contributed by atoms with E-state index in [1.54, 1.807) is 0 Å². The fourth-order valence-corrected chi connectivity index (χ4v) is 1.02. The van der Waals surface area contributed by atoms with Gasteiger partial charge in [-0.1, -0.05) is 6.08 Å². The van der Waals surface area contributed by atoms with E-state index in [0.29, 0.717) is 0 Å². The van der Waals surface area contributed by atoms with Gasteiger partial charge < -0.3 is 5.11 Å². The number of carboxylic acid groups (broad SMARTS) is 1. The van der Waals surface area contributed by atoms with Crippen LogP contribution in [-0.4, -0.2) is 22.0 Å². The van der Waals surface area contributed by atoms with Gasteiger partial charge in [-0.15, -0.1) is 0 Å². The van der Waals surface area contributed by atoms with Gasteiger partial charge in [-0.25, -0.2) is 0 Å². The van der Waals surface area contributed by atoms with Gasteiger partial charge in [0.05, 0.1) is 5.92 Å². The SMILES string of the molecule is O=C(O)C1C=CC([N+](=O)[O-])C1. The summed E-state index contributed by atoms with van der Waals surface area (Å²) in [6, 6.07) is -0.809. The lowest BCUT2D eigenvalue weighted by Gasteiger charge is -2.00. The van der Waals surface area contributed by atoms with E-state index in [4.69, 9.17) is 5.11 Å². The zero-order chi connectivity index (χ0) is 8.43. The molecule has 60 valence electrons. The molecule has 1 N–H and O–H groups in total. The van der Waals surface area contributed by atoms with Gasteiger partial charge in [-0.05, 0) is 6.08 Å². The molecule has 0 aromatic carbocycles. The Morgan fingerprint density at radius 2 is 2.27 bits per heavy atom. The van der Waals surface area contributed by atoms with E-state index < -0.39 is 22.9 Å². The highest BCUT2D eigenvalue weighted by atomic mass is 16.6. The molecule has 0 amide bonds. The Labute approximate surface area is 62.5 Å². The summed E-state index contributed by atoms with van der Waals surface area (Å²) in [6.07, 6.45) is 2.79. The van der Waals surface area contributed by atoms with Gasteiger partial charge in [0.15, 0.2) is 0 Å². The zero-order valence-corrected chi connectivity index (χ0v) is 5.64. The average molecular weight is 157 g/mol. The van der Waals surface area contributed by atoms with Crippen LogP contribution in [0.1, 0.15) is 6.42 Å². The molecule has 0 bridgehead atoms. The van der Waals surface area contributed by atoms with Gasteiger partial charge in [0.1, 0.15) is 0 Å². The molecule has 0 aliphatic heterocycles. The minimum absolute atomic E-state index is 0.0856. The molecule has 2 unspecified atom stereocenters. The number of aliphatic carboxylic acids is 1. The van der Waals surface area contributed by atoms with Crippen LogP contribution in [0.15, 0.2) is 12.2 Å². The van der Waals surface area contributed by atoms with Crippen molar-refractivity contribution in [3.8, 4) is 0 Å². The zero-order valence-electron chi connectivity index (χ0n) is 5.64. The quantitative estimate of drug-likeness (QED) is 0.355. The second-order valence-corrected chi connectivity index (χ2v) is 2.42. The molecular formula is C6H7NO4. The van der Waals surface area contributed by atoms with Crippen LogP contribution in [0.25, 0.3) is 0 Å². The van der Waals surface area contributed by atoms with E-state index in [0.717, 1.165) is 0 Å². The number of rotatable bonds is 2. The summed E-state index contributed by atoms with van der Waals surface area (Å²) < 4.78 is 0. The summed E-state index contributed by atoms with van der Waals surface area (Å²) in [7, 11) is 0. The molecular weight excluding hydrogens is 150 g/mol. The first-order valence-corrected chi connectivity index (χ1v) is 3.16. The van der Waals surface area contributed by atoms with E-state index in [2.05, 4.69) is 0 Å². The van der Waals surface area contributed by atoms with Crippen molar-refractivity contribution in [1.82, 2.24) is 0 Å². The third kappa shape index (κ3) is 1.54. The maximum Gasteiger partial charge on any atom is 0.310 e. The van der Waals surface area contributed by atoms with Crippen LogP contribution in [-0.2, 0) is 4.79 Å². The maximum absolute atomic E-state index is 10.3. The summed E-state index contributed by atoms with van der Waals surface area (Å²) in [4.78, 5) is 20.0. The molecule has 11 heavy (non-hydrogen) atoms. The topological polar surface area (TPSA) is 80.4 Å². The lowest BCUT2D eigenvalue weighted by Crippen LogP contribution is -2.18. The summed E-state index contributed by atoms with van der Waals surface area (Å²) in [5.74, 6) is -1.67. The minimum Gasteiger partial charge on any atom is -0.481 e. The highest BCUT2D eigenvalue weighted by Gasteiger charge is 2.30. The first-order valence-electron chi connectivity index (χ1n) is 3.16. The largest absolute Gasteiger partial charge is 0.481 e. The fourth-order valence-electron chi connectivity index (χ4n) is 1.02. The number of nitro groups is 1. The molecule has 0 aromatic rings. The smallest absolute Gasteiger partial charge is 0.310 e. The van der Waals surface area contributed by atoms with E-state index in [9.17, 15) is 14.9 Å². The highest BCUT2D eigenvalue weighted by Crippen LogP contribution is 2.19. The Morgan fingerprint density at radius 3 is 2.55 bits per heavy atom. The van der Waals surface area contributed by atoms with Crippen LogP contribution in [0.4, 0.5) is 0 Å². The number of carbonyl (C=O) groups is 1. The van der Waals surface area contributed by atoms with Crippen LogP contribution in [0, 0.1) is 16.0 Å². The van der Waals surface area contributed by atoms with Crippen LogP contribution >= 0.6 is 0 Å². The number of carboxylic acids is 1. The van der Waals surface area contributed by atoms with E-state index in [-0.39, 0.29) is 6.42 Å². The van der Waals surface area contributed by atoms with Crippen molar-refractivity contribution < 1.29 is 14.8 Å². The van der Waals surface area contributed by atoms with Crippen molar-refractivity contribution in [2.24, 2.45) is 5.92 Å². The maximum atomic E-state index is 10.3.